The molecule has 0 unspecified atom stereocenters. The lowest BCUT2D eigenvalue weighted by atomic mass is 9.86. The maximum Gasteiger partial charge on any atom is 0.407 e. The van der Waals surface area contributed by atoms with Crippen molar-refractivity contribution in [3.05, 3.63) is 122 Å². The number of rotatable bonds is 16. The van der Waals surface area contributed by atoms with Crippen LogP contribution in [0.2, 0.25) is 0 Å². The second-order valence-electron chi connectivity index (χ2n) is 17.3. The summed E-state index contributed by atoms with van der Waals surface area (Å²) in [5.41, 5.74) is 5.80. The van der Waals surface area contributed by atoms with Gasteiger partial charge in [-0.3, -0.25) is 19.2 Å². The number of alkyl carbamates (subject to hydrolysis) is 1. The number of carbonyl (C=O) groups is 5. The number of halogens is 1. The summed E-state index contributed by atoms with van der Waals surface area (Å²) in [5, 5.41) is 22.3. The quantitative estimate of drug-likeness (QED) is 0.0501. The molecule has 0 radical (unpaired) electrons. The molecule has 350 valence electrons. The van der Waals surface area contributed by atoms with E-state index < -0.39 is 59.3 Å². The molecule has 4 amide bonds. The Hall–Kier alpha value is -6.98. The molecule has 4 heterocycles. The molecule has 3 aromatic carbocycles. The van der Waals surface area contributed by atoms with Crippen LogP contribution < -0.4 is 26.8 Å². The number of ether oxygens (including phenoxy) is 3. The smallest absolute Gasteiger partial charge is 0.407 e. The number of cyclic esters (lactones) is 1. The zero-order valence-corrected chi connectivity index (χ0v) is 37.9. The molecule has 67 heavy (non-hydrogen) atoms. The minimum atomic E-state index is -1.98. The van der Waals surface area contributed by atoms with Crippen molar-refractivity contribution < 1.29 is 47.7 Å². The third-order valence-corrected chi connectivity index (χ3v) is 13.0. The highest BCUT2D eigenvalue weighted by molar-refractivity contribution is 5.94. The topological polar surface area (TPSA) is 216 Å². The van der Waals surface area contributed by atoms with E-state index in [1.54, 1.807) is 30.5 Å². The summed E-state index contributed by atoms with van der Waals surface area (Å²) in [6.07, 6.45) is 0.975. The van der Waals surface area contributed by atoms with Crippen LogP contribution in [0.4, 0.5) is 9.18 Å². The first-order chi connectivity index (χ1) is 32.1. The third kappa shape index (κ3) is 9.00. The van der Waals surface area contributed by atoms with Gasteiger partial charge in [-0.1, -0.05) is 55.5 Å². The Balaban J connectivity index is 0.783. The largest absolute Gasteiger partial charge is 0.458 e. The summed E-state index contributed by atoms with van der Waals surface area (Å²) in [6.45, 7) is 7.91. The molecule has 3 aliphatic rings. The average molecular weight is 917 g/mol. The van der Waals surface area contributed by atoms with E-state index in [1.165, 1.54) is 26.8 Å². The maximum atomic E-state index is 14.9. The van der Waals surface area contributed by atoms with Crippen LogP contribution in [0.3, 0.4) is 0 Å². The number of amides is 4. The standard InChI is InChI=1S/C50H53FN6O10/c1-6-50(64)39-20-42-43-36(22-57(42)47(61)38(39)24-66-48(50)62)34(35-19-26(2)40(51)21-41(35)56-43)17-11-12-18-65-25-52-44(58)27(3)53-45(59)28(4)54-46(60)29(5)55-49(63)67-23-37-32-15-9-7-13-30(32)31-14-8-10-16-33(31)37/h7-10,13-16,19-21,27-29,37,64H,6,11-12,17-18,22-25H2,1-5H3,(H,52,58)(H,53,59)(H,54,60)(H,55,63)/t27-,28-,29-,50-/m0/s1. The Labute approximate surface area is 385 Å². The number of unbranched alkanes of at least 4 members (excludes halogenated alkanes) is 1. The van der Waals surface area contributed by atoms with Crippen molar-refractivity contribution in [3.8, 4) is 22.5 Å². The highest BCUT2D eigenvalue weighted by atomic mass is 19.1. The summed E-state index contributed by atoms with van der Waals surface area (Å²) >= 11 is 0. The maximum absolute atomic E-state index is 14.9. The Morgan fingerprint density at radius 3 is 2.21 bits per heavy atom. The zero-order chi connectivity index (χ0) is 47.7. The number of aliphatic hydroxyl groups is 1. The van der Waals surface area contributed by atoms with Crippen LogP contribution in [0.15, 0.2) is 71.5 Å². The number of hydrogen-bond donors (Lipinski definition) is 5. The van der Waals surface area contributed by atoms with Gasteiger partial charge in [0.2, 0.25) is 17.7 Å². The van der Waals surface area contributed by atoms with Gasteiger partial charge in [-0.05, 0) is 98.9 Å². The first kappa shape index (κ1) is 46.5. The zero-order valence-electron chi connectivity index (χ0n) is 37.9. The van der Waals surface area contributed by atoms with Crippen LogP contribution >= 0.6 is 0 Å². The van der Waals surface area contributed by atoms with E-state index in [2.05, 4.69) is 21.3 Å². The van der Waals surface area contributed by atoms with Gasteiger partial charge >= 0.3 is 12.1 Å². The van der Waals surface area contributed by atoms with Gasteiger partial charge in [0, 0.05) is 35.1 Å². The van der Waals surface area contributed by atoms with E-state index in [0.717, 1.165) is 38.8 Å². The lowest BCUT2D eigenvalue weighted by molar-refractivity contribution is -0.172. The lowest BCUT2D eigenvalue weighted by Gasteiger charge is -2.31. The van der Waals surface area contributed by atoms with E-state index in [0.29, 0.717) is 41.7 Å². The van der Waals surface area contributed by atoms with Crippen LogP contribution in [0.1, 0.15) is 91.8 Å². The van der Waals surface area contributed by atoms with E-state index in [1.807, 2.05) is 48.5 Å². The minimum Gasteiger partial charge on any atom is -0.458 e. The molecule has 17 heteroatoms. The summed E-state index contributed by atoms with van der Waals surface area (Å²) in [4.78, 5) is 82.6. The molecule has 2 aliphatic heterocycles. The summed E-state index contributed by atoms with van der Waals surface area (Å²) in [6, 6.07) is 17.6. The second-order valence-corrected chi connectivity index (χ2v) is 17.3. The molecule has 0 fully saturated rings. The van der Waals surface area contributed by atoms with Crippen LogP contribution in [-0.2, 0) is 58.6 Å². The lowest BCUT2D eigenvalue weighted by Crippen LogP contribution is -2.54. The van der Waals surface area contributed by atoms with Crippen molar-refractivity contribution in [2.75, 3.05) is 19.9 Å². The highest BCUT2D eigenvalue weighted by Crippen LogP contribution is 2.45. The third-order valence-electron chi connectivity index (χ3n) is 13.0. The Morgan fingerprint density at radius 2 is 1.54 bits per heavy atom. The molecular weight excluding hydrogens is 864 g/mol. The number of nitrogens with one attached hydrogen (secondary N) is 4. The number of carbonyl (C=O) groups excluding carboxylic acids is 5. The SMILES string of the molecule is CC[C@@]1(O)C(=O)OCc2c1cc1n(c2=O)Cc2c-1nc1cc(F)c(C)cc1c2CCCCOCNC(=O)[C@H](C)NC(=O)[C@H](C)NC(=O)[C@H](C)NC(=O)OCC1c2ccccc2-c2ccccc21. The van der Waals surface area contributed by atoms with Gasteiger partial charge < -0.3 is 45.2 Å². The first-order valence-corrected chi connectivity index (χ1v) is 22.5. The molecule has 0 saturated carbocycles. The molecule has 0 saturated heterocycles. The Bertz CT molecular complexity index is 2840. The Morgan fingerprint density at radius 1 is 0.896 bits per heavy atom. The summed E-state index contributed by atoms with van der Waals surface area (Å²) in [7, 11) is 0. The van der Waals surface area contributed by atoms with Crippen LogP contribution in [0, 0.1) is 12.7 Å². The van der Waals surface area contributed by atoms with Gasteiger partial charge in [-0.25, -0.2) is 19.0 Å². The minimum absolute atomic E-state index is 0.00640. The second kappa shape index (κ2) is 19.1. The molecule has 8 rings (SSSR count). The van der Waals surface area contributed by atoms with Crippen molar-refractivity contribution >= 4 is 40.7 Å². The average Bonchev–Trinajstić information content (AvgIpc) is 3.84. The highest BCUT2D eigenvalue weighted by Gasteiger charge is 2.45. The number of esters is 1. The van der Waals surface area contributed by atoms with Gasteiger partial charge in [0.05, 0.1) is 29.0 Å². The predicted octanol–water partition coefficient (Wildman–Crippen LogP) is 4.88. The molecule has 0 spiro atoms. The number of benzene rings is 3. The van der Waals surface area contributed by atoms with Crippen molar-refractivity contribution in [1.82, 2.24) is 30.8 Å². The fraction of sp³-hybridized carbons (Fsp3) is 0.380. The van der Waals surface area contributed by atoms with Gasteiger partial charge in [0.25, 0.3) is 5.56 Å². The molecule has 16 nitrogen and oxygen atoms in total. The van der Waals surface area contributed by atoms with E-state index >= 15 is 0 Å². The molecule has 0 bridgehead atoms. The van der Waals surface area contributed by atoms with Crippen molar-refractivity contribution in [2.45, 2.75) is 103 Å². The number of nitrogens with zero attached hydrogens (tertiary/aromatic N) is 2. The normalized spacial score (nSPS) is 16.9. The number of aromatic nitrogens is 2. The van der Waals surface area contributed by atoms with Crippen molar-refractivity contribution in [2.24, 2.45) is 0 Å². The predicted molar refractivity (Wildman–Crippen MR) is 244 cm³/mol. The fourth-order valence-corrected chi connectivity index (χ4v) is 9.12. The molecular formula is C50H53FN6O10. The van der Waals surface area contributed by atoms with Crippen molar-refractivity contribution in [3.63, 3.8) is 0 Å². The van der Waals surface area contributed by atoms with E-state index in [-0.39, 0.29) is 62.1 Å². The summed E-state index contributed by atoms with van der Waals surface area (Å²) < 4.78 is 32.9. The van der Waals surface area contributed by atoms with Crippen LogP contribution in [0.25, 0.3) is 33.4 Å². The van der Waals surface area contributed by atoms with E-state index in [9.17, 15) is 38.3 Å². The molecule has 2 aromatic heterocycles. The fourth-order valence-electron chi connectivity index (χ4n) is 9.12. The van der Waals surface area contributed by atoms with Gasteiger partial charge in [-0.15, -0.1) is 0 Å². The summed E-state index contributed by atoms with van der Waals surface area (Å²) in [5.74, 6) is -3.13. The monoisotopic (exact) mass is 916 g/mol. The number of fused-ring (bicyclic) bond motifs is 8. The number of hydrogen-bond acceptors (Lipinski definition) is 11. The van der Waals surface area contributed by atoms with Gasteiger partial charge in [0.1, 0.15) is 43.9 Å². The van der Waals surface area contributed by atoms with E-state index in [4.69, 9.17) is 19.2 Å². The van der Waals surface area contributed by atoms with Crippen LogP contribution in [0.5, 0.6) is 0 Å². The molecule has 5 aromatic rings. The first-order valence-electron chi connectivity index (χ1n) is 22.5. The van der Waals surface area contributed by atoms with Gasteiger partial charge in [-0.2, -0.15) is 0 Å². The van der Waals surface area contributed by atoms with Gasteiger partial charge in [0.15, 0.2) is 5.60 Å². The Kier molecular flexibility index (Phi) is 13.3. The van der Waals surface area contributed by atoms with Crippen molar-refractivity contribution in [1.29, 1.82) is 0 Å². The number of pyridine rings is 2. The molecule has 5 N–H and O–H groups in total. The molecule has 4 atom stereocenters. The molecule has 1 aliphatic carbocycles. The number of aryl methyl sites for hydroxylation is 2. The van der Waals surface area contributed by atoms with Crippen LogP contribution in [-0.4, -0.2) is 82.5 Å².